The number of ether oxygens (including phenoxy) is 1. The molecule has 0 saturated carbocycles. The van der Waals surface area contributed by atoms with Gasteiger partial charge in [-0.15, -0.1) is 11.8 Å². The average Bonchev–Trinajstić information content (AvgIpc) is 2.76. The van der Waals surface area contributed by atoms with Crippen LogP contribution in [-0.2, 0) is 11.2 Å². The second-order valence-electron chi connectivity index (χ2n) is 4.44. The molecule has 0 saturated heterocycles. The van der Waals surface area contributed by atoms with Gasteiger partial charge in [-0.05, 0) is 24.6 Å². The van der Waals surface area contributed by atoms with Crippen LogP contribution < -0.4 is 0 Å². The largest absolute Gasteiger partial charge is 0.383 e. The maximum absolute atomic E-state index is 5.15. The molecule has 0 radical (unpaired) electrons. The summed E-state index contributed by atoms with van der Waals surface area (Å²) in [6.07, 6.45) is 1.21. The van der Waals surface area contributed by atoms with E-state index in [4.69, 9.17) is 4.74 Å². The van der Waals surface area contributed by atoms with Crippen molar-refractivity contribution in [2.24, 2.45) is 0 Å². The van der Waals surface area contributed by atoms with E-state index in [1.54, 1.807) is 7.11 Å². The Morgan fingerprint density at radius 2 is 2.24 bits per heavy atom. The third-order valence-corrected chi connectivity index (χ3v) is 4.54. The van der Waals surface area contributed by atoms with Crippen molar-refractivity contribution in [1.82, 2.24) is 4.90 Å². The minimum Gasteiger partial charge on any atom is -0.383 e. The van der Waals surface area contributed by atoms with E-state index >= 15 is 0 Å². The van der Waals surface area contributed by atoms with Crippen molar-refractivity contribution in [3.05, 3.63) is 29.8 Å². The number of nitrogens with zero attached hydrogens (tertiary/aromatic N) is 1. The molecule has 1 aliphatic heterocycles. The molecular weight excluding hydrogens is 230 g/mol. The Morgan fingerprint density at radius 3 is 2.94 bits per heavy atom. The minimum atomic E-state index is 0.712. The molecule has 3 heteroatoms. The highest BCUT2D eigenvalue weighted by Crippen LogP contribution is 2.36. The maximum atomic E-state index is 5.15. The molecule has 0 bridgehead atoms. The van der Waals surface area contributed by atoms with E-state index in [0.717, 1.165) is 19.7 Å². The van der Waals surface area contributed by atoms with Crippen molar-refractivity contribution in [2.45, 2.75) is 23.5 Å². The lowest BCUT2D eigenvalue weighted by Gasteiger charge is -2.23. The Hall–Kier alpha value is -0.510. The van der Waals surface area contributed by atoms with Gasteiger partial charge in [0.15, 0.2) is 0 Å². The Morgan fingerprint density at radius 1 is 1.41 bits per heavy atom. The SMILES string of the molecule is CCN(CCOC)CC1Cc2ccccc2S1. The Kier molecular flexibility index (Phi) is 4.89. The van der Waals surface area contributed by atoms with Gasteiger partial charge in [0.05, 0.1) is 6.61 Å². The molecule has 0 aromatic heterocycles. The zero-order valence-corrected chi connectivity index (χ0v) is 11.5. The molecule has 1 aliphatic rings. The fourth-order valence-corrected chi connectivity index (χ4v) is 3.61. The van der Waals surface area contributed by atoms with E-state index in [1.165, 1.54) is 23.4 Å². The minimum absolute atomic E-state index is 0.712. The standard InChI is InChI=1S/C14H21NOS/c1-3-15(8-9-16-2)11-13-10-12-6-4-5-7-14(12)17-13/h4-7,13H,3,8-11H2,1-2H3. The van der Waals surface area contributed by atoms with Gasteiger partial charge in [-0.1, -0.05) is 25.1 Å². The van der Waals surface area contributed by atoms with Crippen LogP contribution in [0.1, 0.15) is 12.5 Å². The Bertz CT molecular complexity index is 331. The van der Waals surface area contributed by atoms with Gasteiger partial charge in [-0.25, -0.2) is 0 Å². The molecule has 1 aromatic carbocycles. The number of rotatable bonds is 6. The van der Waals surface area contributed by atoms with E-state index in [2.05, 4.69) is 36.1 Å². The van der Waals surface area contributed by atoms with Gasteiger partial charge in [-0.2, -0.15) is 0 Å². The van der Waals surface area contributed by atoms with Crippen molar-refractivity contribution in [1.29, 1.82) is 0 Å². The smallest absolute Gasteiger partial charge is 0.0589 e. The third-order valence-electron chi connectivity index (χ3n) is 3.23. The zero-order valence-electron chi connectivity index (χ0n) is 10.7. The first-order chi connectivity index (χ1) is 8.33. The molecule has 94 valence electrons. The molecule has 0 spiro atoms. The lowest BCUT2D eigenvalue weighted by Crippen LogP contribution is -2.33. The van der Waals surface area contributed by atoms with Crippen LogP contribution >= 0.6 is 11.8 Å². The van der Waals surface area contributed by atoms with Crippen molar-refractivity contribution < 1.29 is 4.74 Å². The summed E-state index contributed by atoms with van der Waals surface area (Å²) in [5.74, 6) is 0. The predicted molar refractivity (Wildman–Crippen MR) is 73.8 cm³/mol. The first-order valence-electron chi connectivity index (χ1n) is 6.29. The molecule has 2 nitrogen and oxygen atoms in total. The molecule has 0 aliphatic carbocycles. The van der Waals surface area contributed by atoms with Gasteiger partial charge >= 0.3 is 0 Å². The monoisotopic (exact) mass is 251 g/mol. The number of hydrogen-bond donors (Lipinski definition) is 0. The molecule has 0 amide bonds. The van der Waals surface area contributed by atoms with Gasteiger partial charge in [0.1, 0.15) is 0 Å². The number of benzene rings is 1. The van der Waals surface area contributed by atoms with Gasteiger partial charge < -0.3 is 9.64 Å². The zero-order chi connectivity index (χ0) is 12.1. The molecule has 17 heavy (non-hydrogen) atoms. The second kappa shape index (κ2) is 6.43. The molecule has 1 aromatic rings. The summed E-state index contributed by atoms with van der Waals surface area (Å²) in [7, 11) is 1.77. The first kappa shape index (κ1) is 12.9. The fraction of sp³-hybridized carbons (Fsp3) is 0.571. The summed E-state index contributed by atoms with van der Waals surface area (Å²) in [6.45, 7) is 6.37. The highest BCUT2D eigenvalue weighted by molar-refractivity contribution is 8.00. The summed E-state index contributed by atoms with van der Waals surface area (Å²) >= 11 is 2.03. The van der Waals surface area contributed by atoms with Crippen molar-refractivity contribution in [3.63, 3.8) is 0 Å². The normalized spacial score (nSPS) is 18.6. The van der Waals surface area contributed by atoms with E-state index in [0.29, 0.717) is 5.25 Å². The molecule has 2 rings (SSSR count). The lowest BCUT2D eigenvalue weighted by molar-refractivity contribution is 0.151. The van der Waals surface area contributed by atoms with Gasteiger partial charge in [0.2, 0.25) is 0 Å². The van der Waals surface area contributed by atoms with Crippen LogP contribution in [0.3, 0.4) is 0 Å². The van der Waals surface area contributed by atoms with Gasteiger partial charge in [-0.3, -0.25) is 0 Å². The summed E-state index contributed by atoms with van der Waals surface area (Å²) in [6, 6.07) is 8.78. The predicted octanol–water partition coefficient (Wildman–Crippen LogP) is 2.67. The summed E-state index contributed by atoms with van der Waals surface area (Å²) in [4.78, 5) is 3.95. The van der Waals surface area contributed by atoms with Crippen molar-refractivity contribution in [2.75, 3.05) is 33.4 Å². The van der Waals surface area contributed by atoms with Crippen molar-refractivity contribution in [3.8, 4) is 0 Å². The van der Waals surface area contributed by atoms with E-state index in [9.17, 15) is 0 Å². The second-order valence-corrected chi connectivity index (χ2v) is 5.78. The highest BCUT2D eigenvalue weighted by Gasteiger charge is 2.23. The van der Waals surface area contributed by atoms with Crippen LogP contribution in [0.4, 0.5) is 0 Å². The van der Waals surface area contributed by atoms with Crippen LogP contribution in [0.25, 0.3) is 0 Å². The van der Waals surface area contributed by atoms with Crippen LogP contribution in [0.2, 0.25) is 0 Å². The van der Waals surface area contributed by atoms with Crippen LogP contribution in [0.5, 0.6) is 0 Å². The van der Waals surface area contributed by atoms with Gasteiger partial charge in [0.25, 0.3) is 0 Å². The van der Waals surface area contributed by atoms with E-state index in [1.807, 2.05) is 11.8 Å². The van der Waals surface area contributed by atoms with E-state index < -0.39 is 0 Å². The highest BCUT2D eigenvalue weighted by atomic mass is 32.2. The molecule has 0 N–H and O–H groups in total. The summed E-state index contributed by atoms with van der Waals surface area (Å²) in [5.41, 5.74) is 1.52. The Balaban J connectivity index is 1.85. The number of likely N-dealkylation sites (N-methyl/N-ethyl adjacent to an activating group) is 1. The third kappa shape index (κ3) is 3.47. The van der Waals surface area contributed by atoms with Crippen LogP contribution in [-0.4, -0.2) is 43.5 Å². The molecular formula is C14H21NOS. The molecule has 1 heterocycles. The first-order valence-corrected chi connectivity index (χ1v) is 7.17. The van der Waals surface area contributed by atoms with E-state index in [-0.39, 0.29) is 0 Å². The molecule has 1 atom stereocenters. The number of fused-ring (bicyclic) bond motifs is 1. The topological polar surface area (TPSA) is 12.5 Å². The fourth-order valence-electron chi connectivity index (χ4n) is 2.24. The summed E-state index contributed by atoms with van der Waals surface area (Å²) in [5, 5.41) is 0.712. The molecule has 1 unspecified atom stereocenters. The quantitative estimate of drug-likeness (QED) is 0.771. The average molecular weight is 251 g/mol. The molecule has 0 fully saturated rings. The van der Waals surface area contributed by atoms with Crippen LogP contribution in [0.15, 0.2) is 29.2 Å². The maximum Gasteiger partial charge on any atom is 0.0589 e. The van der Waals surface area contributed by atoms with Gasteiger partial charge in [0, 0.05) is 30.3 Å². The lowest BCUT2D eigenvalue weighted by atomic mass is 10.1. The summed E-state index contributed by atoms with van der Waals surface area (Å²) < 4.78 is 5.15. The Labute approximate surface area is 108 Å². The number of methoxy groups -OCH3 is 1. The van der Waals surface area contributed by atoms with Crippen molar-refractivity contribution >= 4 is 11.8 Å². The van der Waals surface area contributed by atoms with Crippen LogP contribution in [0, 0.1) is 0 Å². The number of hydrogen-bond acceptors (Lipinski definition) is 3. The number of thioether (sulfide) groups is 1.